The standard InChI is InChI=1S/C24H31ClN4O2.2ClH/c1-15(2)29(16(3)4)12-11-26-24-19-13-21(30-5)22(31-6)14-20(19)27-23(28-24)17-7-9-18(25)10-8-17;;/h7-10,13-16H,11-12H2,1-6H3,(H,26,27,28);2*1H. The zero-order valence-electron chi connectivity index (χ0n) is 19.9. The summed E-state index contributed by atoms with van der Waals surface area (Å²) in [6.45, 7) is 10.5. The molecule has 0 unspecified atom stereocenters. The lowest BCUT2D eigenvalue weighted by atomic mass is 10.1. The van der Waals surface area contributed by atoms with Gasteiger partial charge in [-0.1, -0.05) is 11.6 Å². The Bertz CT molecular complexity index is 1020. The van der Waals surface area contributed by atoms with E-state index in [0.29, 0.717) is 34.4 Å². The van der Waals surface area contributed by atoms with E-state index in [4.69, 9.17) is 31.0 Å². The molecule has 0 aliphatic carbocycles. The molecule has 2 aromatic carbocycles. The van der Waals surface area contributed by atoms with Crippen molar-refractivity contribution in [3.05, 3.63) is 41.4 Å². The summed E-state index contributed by atoms with van der Waals surface area (Å²) in [5.41, 5.74) is 1.68. The maximum Gasteiger partial charge on any atom is 0.162 e. The molecule has 1 aromatic heterocycles. The Balaban J connectivity index is 0.00000272. The highest BCUT2D eigenvalue weighted by molar-refractivity contribution is 6.30. The Morgan fingerprint density at radius 2 is 1.48 bits per heavy atom. The maximum absolute atomic E-state index is 6.06. The van der Waals surface area contributed by atoms with Crippen LogP contribution in [0.25, 0.3) is 22.3 Å². The largest absolute Gasteiger partial charge is 0.493 e. The van der Waals surface area contributed by atoms with Crippen LogP contribution in [0, 0.1) is 0 Å². The van der Waals surface area contributed by atoms with E-state index < -0.39 is 0 Å². The summed E-state index contributed by atoms with van der Waals surface area (Å²) in [5.74, 6) is 2.67. The van der Waals surface area contributed by atoms with Crippen LogP contribution < -0.4 is 14.8 Å². The molecule has 6 nitrogen and oxygen atoms in total. The fraction of sp³-hybridized carbons (Fsp3) is 0.417. The fourth-order valence-corrected chi connectivity index (χ4v) is 3.86. The van der Waals surface area contributed by atoms with Crippen LogP contribution in [0.2, 0.25) is 5.02 Å². The van der Waals surface area contributed by atoms with Crippen molar-refractivity contribution in [2.75, 3.05) is 32.6 Å². The maximum atomic E-state index is 6.06. The minimum Gasteiger partial charge on any atom is -0.493 e. The highest BCUT2D eigenvalue weighted by atomic mass is 35.5. The molecule has 182 valence electrons. The Morgan fingerprint density at radius 1 is 0.909 bits per heavy atom. The number of rotatable bonds is 9. The number of halogens is 3. The smallest absolute Gasteiger partial charge is 0.162 e. The van der Waals surface area contributed by atoms with Crippen molar-refractivity contribution in [1.29, 1.82) is 0 Å². The second-order valence-corrected chi connectivity index (χ2v) is 8.42. The summed E-state index contributed by atoms with van der Waals surface area (Å²) in [4.78, 5) is 12.1. The first-order chi connectivity index (χ1) is 14.8. The first-order valence-corrected chi connectivity index (χ1v) is 10.9. The first-order valence-electron chi connectivity index (χ1n) is 10.5. The molecule has 0 aliphatic rings. The van der Waals surface area contributed by atoms with E-state index in [2.05, 4.69) is 37.9 Å². The minimum absolute atomic E-state index is 0. The van der Waals surface area contributed by atoms with Crippen LogP contribution >= 0.6 is 36.4 Å². The van der Waals surface area contributed by atoms with Crippen molar-refractivity contribution in [3.63, 3.8) is 0 Å². The van der Waals surface area contributed by atoms with Crippen LogP contribution in [0.1, 0.15) is 27.7 Å². The third kappa shape index (κ3) is 7.00. The minimum atomic E-state index is 0. The second-order valence-electron chi connectivity index (χ2n) is 7.98. The van der Waals surface area contributed by atoms with E-state index in [0.717, 1.165) is 35.4 Å². The van der Waals surface area contributed by atoms with Gasteiger partial charge in [-0.15, -0.1) is 24.8 Å². The van der Waals surface area contributed by atoms with Crippen molar-refractivity contribution in [3.8, 4) is 22.9 Å². The predicted octanol–water partition coefficient (Wildman–Crippen LogP) is 6.34. The molecule has 0 aliphatic heterocycles. The molecule has 0 saturated carbocycles. The molecule has 0 spiro atoms. The molecule has 33 heavy (non-hydrogen) atoms. The second kappa shape index (κ2) is 13.0. The van der Waals surface area contributed by atoms with Gasteiger partial charge in [-0.05, 0) is 58.0 Å². The third-order valence-electron chi connectivity index (χ3n) is 5.29. The molecule has 0 amide bonds. The lowest BCUT2D eigenvalue weighted by Crippen LogP contribution is -2.40. The number of nitrogens with one attached hydrogen (secondary N) is 1. The lowest BCUT2D eigenvalue weighted by molar-refractivity contribution is 0.182. The number of ether oxygens (including phenoxy) is 2. The topological polar surface area (TPSA) is 59.5 Å². The van der Waals surface area contributed by atoms with Crippen molar-refractivity contribution in [2.45, 2.75) is 39.8 Å². The van der Waals surface area contributed by atoms with Gasteiger partial charge >= 0.3 is 0 Å². The quantitative estimate of drug-likeness (QED) is 0.359. The summed E-state index contributed by atoms with van der Waals surface area (Å²) in [6, 6.07) is 12.3. The zero-order valence-corrected chi connectivity index (χ0v) is 22.3. The van der Waals surface area contributed by atoms with Crippen molar-refractivity contribution in [1.82, 2.24) is 14.9 Å². The van der Waals surface area contributed by atoms with Crippen LogP contribution in [0.15, 0.2) is 36.4 Å². The molecule has 0 atom stereocenters. The summed E-state index contributed by atoms with van der Waals surface area (Å²) >= 11 is 6.06. The highest BCUT2D eigenvalue weighted by Gasteiger charge is 2.16. The average Bonchev–Trinajstić information content (AvgIpc) is 2.75. The van der Waals surface area contributed by atoms with Crippen molar-refractivity contribution < 1.29 is 9.47 Å². The number of nitrogens with zero attached hydrogens (tertiary/aromatic N) is 3. The number of hydrogen-bond donors (Lipinski definition) is 1. The van der Waals surface area contributed by atoms with Gasteiger partial charge in [0.05, 0.1) is 19.7 Å². The van der Waals surface area contributed by atoms with Crippen molar-refractivity contribution in [2.24, 2.45) is 0 Å². The molecule has 1 heterocycles. The Kier molecular flexibility index (Phi) is 11.5. The van der Waals surface area contributed by atoms with E-state index in [1.54, 1.807) is 14.2 Å². The van der Waals surface area contributed by atoms with Crippen LogP contribution in [-0.4, -0.2) is 54.3 Å². The molecule has 3 aromatic rings. The summed E-state index contributed by atoms with van der Waals surface area (Å²) in [6.07, 6.45) is 0. The Morgan fingerprint density at radius 3 is 2.03 bits per heavy atom. The van der Waals surface area contributed by atoms with Crippen LogP contribution in [0.3, 0.4) is 0 Å². The molecule has 0 radical (unpaired) electrons. The third-order valence-corrected chi connectivity index (χ3v) is 5.54. The zero-order chi connectivity index (χ0) is 22.5. The van der Waals surface area contributed by atoms with E-state index >= 15 is 0 Å². The SMILES string of the molecule is COc1cc2nc(-c3ccc(Cl)cc3)nc(NCCN(C(C)C)C(C)C)c2cc1OC.Cl.Cl. The Hall–Kier alpha value is -1.99. The number of anilines is 1. The number of aromatic nitrogens is 2. The molecule has 0 saturated heterocycles. The van der Waals surface area contributed by atoms with E-state index in [-0.39, 0.29) is 24.8 Å². The number of hydrogen-bond acceptors (Lipinski definition) is 6. The Labute approximate surface area is 213 Å². The van der Waals surface area contributed by atoms with Gasteiger partial charge in [0, 0.05) is 47.2 Å². The van der Waals surface area contributed by atoms with Gasteiger partial charge in [0.15, 0.2) is 17.3 Å². The molecule has 0 fully saturated rings. The van der Waals surface area contributed by atoms with E-state index in [1.165, 1.54) is 0 Å². The van der Waals surface area contributed by atoms with Gasteiger partial charge < -0.3 is 14.8 Å². The summed E-state index contributed by atoms with van der Waals surface area (Å²) in [7, 11) is 3.25. The highest BCUT2D eigenvalue weighted by Crippen LogP contribution is 2.35. The molecule has 3 rings (SSSR count). The van der Waals surface area contributed by atoms with E-state index in [9.17, 15) is 0 Å². The summed E-state index contributed by atoms with van der Waals surface area (Å²) < 4.78 is 11.0. The molecule has 0 bridgehead atoms. The van der Waals surface area contributed by atoms with Gasteiger partial charge in [0.25, 0.3) is 0 Å². The molecule has 1 N–H and O–H groups in total. The van der Waals surface area contributed by atoms with Crippen LogP contribution in [0.4, 0.5) is 5.82 Å². The predicted molar refractivity (Wildman–Crippen MR) is 143 cm³/mol. The van der Waals surface area contributed by atoms with Crippen molar-refractivity contribution >= 4 is 53.1 Å². The summed E-state index contributed by atoms with van der Waals surface area (Å²) in [5, 5.41) is 5.09. The van der Waals surface area contributed by atoms with Gasteiger partial charge in [-0.3, -0.25) is 4.90 Å². The average molecular weight is 516 g/mol. The molecule has 9 heteroatoms. The number of methoxy groups -OCH3 is 2. The monoisotopic (exact) mass is 514 g/mol. The van der Waals surface area contributed by atoms with Crippen LogP contribution in [-0.2, 0) is 0 Å². The number of benzene rings is 2. The number of fused-ring (bicyclic) bond motifs is 1. The fourth-order valence-electron chi connectivity index (χ4n) is 3.73. The van der Waals surface area contributed by atoms with Gasteiger partial charge in [0.1, 0.15) is 5.82 Å². The lowest BCUT2D eigenvalue weighted by Gasteiger charge is -2.30. The first kappa shape index (κ1) is 29.0. The molecular weight excluding hydrogens is 483 g/mol. The van der Waals surface area contributed by atoms with Crippen LogP contribution in [0.5, 0.6) is 11.5 Å². The van der Waals surface area contributed by atoms with Gasteiger partial charge in [0.2, 0.25) is 0 Å². The van der Waals surface area contributed by atoms with Gasteiger partial charge in [-0.2, -0.15) is 0 Å². The van der Waals surface area contributed by atoms with Gasteiger partial charge in [-0.25, -0.2) is 9.97 Å². The molecular formula is C24H33Cl3N4O2. The normalized spacial score (nSPS) is 10.8. The van der Waals surface area contributed by atoms with E-state index in [1.807, 2.05) is 36.4 Å².